The number of methoxy groups -OCH3 is 1. The van der Waals surface area contributed by atoms with E-state index < -0.39 is 0 Å². The van der Waals surface area contributed by atoms with E-state index in [0.717, 1.165) is 30.8 Å². The zero-order valence-corrected chi connectivity index (χ0v) is 19.9. The second-order valence-corrected chi connectivity index (χ2v) is 8.52. The van der Waals surface area contributed by atoms with E-state index in [0.29, 0.717) is 25.8 Å². The Morgan fingerprint density at radius 1 is 1.06 bits per heavy atom. The second kappa shape index (κ2) is 14.6. The Labute approximate surface area is 187 Å². The number of rotatable bonds is 13. The van der Waals surface area contributed by atoms with Crippen molar-refractivity contribution in [1.82, 2.24) is 10.6 Å². The third kappa shape index (κ3) is 14.3. The predicted octanol–water partition coefficient (Wildman–Crippen LogP) is 3.19. The predicted molar refractivity (Wildman–Crippen MR) is 126 cm³/mol. The minimum absolute atomic E-state index is 0.0429. The first-order valence-electron chi connectivity index (χ1n) is 10.9. The molecular weight excluding hydrogens is 396 g/mol. The Morgan fingerprint density at radius 3 is 2.39 bits per heavy atom. The van der Waals surface area contributed by atoms with Crippen molar-refractivity contribution in [2.24, 2.45) is 4.99 Å². The smallest absolute Gasteiger partial charge is 0.242 e. The first-order valence-corrected chi connectivity index (χ1v) is 10.9. The molecule has 0 aliphatic rings. The molecule has 0 saturated carbocycles. The molecular formula is C23H40N4O4. The average Bonchev–Trinajstić information content (AvgIpc) is 2.67. The van der Waals surface area contributed by atoms with Gasteiger partial charge in [0.15, 0.2) is 5.96 Å². The lowest BCUT2D eigenvalue weighted by atomic mass is 10.1. The number of anilines is 1. The number of ether oxygens (including phenoxy) is 3. The number of nitrogens with one attached hydrogen (secondary N) is 3. The number of hydrogen-bond acceptors (Lipinski definition) is 5. The fourth-order valence-corrected chi connectivity index (χ4v) is 2.55. The Morgan fingerprint density at radius 2 is 1.77 bits per heavy atom. The highest BCUT2D eigenvalue weighted by Gasteiger charge is 2.13. The summed E-state index contributed by atoms with van der Waals surface area (Å²) in [5, 5.41) is 9.45. The fourth-order valence-electron chi connectivity index (χ4n) is 2.55. The number of carbonyl (C=O) groups is 1. The molecule has 1 rings (SSSR count). The summed E-state index contributed by atoms with van der Waals surface area (Å²) in [7, 11) is 1.66. The number of hydrogen-bond donors (Lipinski definition) is 3. The lowest BCUT2D eigenvalue weighted by molar-refractivity contribution is -0.121. The highest BCUT2D eigenvalue weighted by Crippen LogP contribution is 2.16. The van der Waals surface area contributed by atoms with Gasteiger partial charge in [-0.3, -0.25) is 4.79 Å². The highest BCUT2D eigenvalue weighted by atomic mass is 16.5. The van der Waals surface area contributed by atoms with E-state index in [-0.39, 0.29) is 24.1 Å². The van der Waals surface area contributed by atoms with E-state index in [1.807, 2.05) is 58.9 Å². The zero-order valence-electron chi connectivity index (χ0n) is 19.9. The van der Waals surface area contributed by atoms with Crippen LogP contribution in [-0.2, 0) is 14.3 Å². The van der Waals surface area contributed by atoms with Crippen LogP contribution in [0.3, 0.4) is 0 Å². The number of amides is 1. The van der Waals surface area contributed by atoms with Gasteiger partial charge in [-0.05, 0) is 71.7 Å². The Bertz CT molecular complexity index is 655. The number of nitrogens with zero attached hydrogens (tertiary/aromatic N) is 1. The van der Waals surface area contributed by atoms with E-state index in [1.54, 1.807) is 7.11 Å². The minimum atomic E-state index is -0.289. The Kier molecular flexibility index (Phi) is 12.6. The maximum atomic E-state index is 12.1. The van der Waals surface area contributed by atoms with Crippen LogP contribution >= 0.6 is 0 Å². The van der Waals surface area contributed by atoms with Crippen molar-refractivity contribution in [3.8, 4) is 5.75 Å². The molecule has 0 heterocycles. The highest BCUT2D eigenvalue weighted by molar-refractivity contribution is 5.95. The van der Waals surface area contributed by atoms with Crippen molar-refractivity contribution in [1.29, 1.82) is 0 Å². The third-order valence-corrected chi connectivity index (χ3v) is 3.82. The van der Waals surface area contributed by atoms with E-state index in [2.05, 4.69) is 20.9 Å². The Hall–Kier alpha value is -2.32. The molecule has 0 aromatic heterocycles. The largest absolute Gasteiger partial charge is 0.491 e. The van der Waals surface area contributed by atoms with Crippen LogP contribution in [0.15, 0.2) is 29.3 Å². The molecule has 1 amide bonds. The maximum absolute atomic E-state index is 12.1. The second-order valence-electron chi connectivity index (χ2n) is 8.52. The molecule has 0 bridgehead atoms. The van der Waals surface area contributed by atoms with E-state index in [4.69, 9.17) is 14.2 Å². The van der Waals surface area contributed by atoms with Gasteiger partial charge in [-0.15, -0.1) is 0 Å². The zero-order chi connectivity index (χ0) is 23.1. The molecule has 0 fully saturated rings. The average molecular weight is 437 g/mol. The molecule has 1 aromatic rings. The van der Waals surface area contributed by atoms with Crippen molar-refractivity contribution < 1.29 is 19.0 Å². The molecule has 0 atom stereocenters. The van der Waals surface area contributed by atoms with Crippen LogP contribution in [0.4, 0.5) is 5.69 Å². The monoisotopic (exact) mass is 436 g/mol. The van der Waals surface area contributed by atoms with Gasteiger partial charge >= 0.3 is 0 Å². The number of unbranched alkanes of at least 4 members (excludes halogenated alkanes) is 1. The van der Waals surface area contributed by atoms with Gasteiger partial charge < -0.3 is 30.2 Å². The van der Waals surface area contributed by atoms with Crippen LogP contribution in [0.25, 0.3) is 0 Å². The van der Waals surface area contributed by atoms with Gasteiger partial charge in [0, 0.05) is 31.5 Å². The van der Waals surface area contributed by atoms with E-state index in [9.17, 15) is 4.79 Å². The molecule has 0 radical (unpaired) electrons. The van der Waals surface area contributed by atoms with Crippen LogP contribution in [0.5, 0.6) is 5.75 Å². The van der Waals surface area contributed by atoms with Crippen LogP contribution in [0.1, 0.15) is 47.5 Å². The quantitative estimate of drug-likeness (QED) is 0.250. The molecule has 0 saturated heterocycles. The topological polar surface area (TPSA) is 93.2 Å². The summed E-state index contributed by atoms with van der Waals surface area (Å²) in [5.74, 6) is 1.24. The van der Waals surface area contributed by atoms with Crippen molar-refractivity contribution in [2.75, 3.05) is 45.3 Å². The molecule has 0 spiro atoms. The molecule has 8 nitrogen and oxygen atoms in total. The third-order valence-electron chi connectivity index (χ3n) is 3.82. The fraction of sp³-hybridized carbons (Fsp3) is 0.652. The van der Waals surface area contributed by atoms with Crippen LogP contribution < -0.4 is 20.7 Å². The van der Waals surface area contributed by atoms with Gasteiger partial charge in [0.2, 0.25) is 5.91 Å². The summed E-state index contributed by atoms with van der Waals surface area (Å²) in [6, 6.07) is 7.66. The van der Waals surface area contributed by atoms with E-state index >= 15 is 0 Å². The van der Waals surface area contributed by atoms with Crippen molar-refractivity contribution in [2.45, 2.75) is 59.1 Å². The molecule has 3 N–H and O–H groups in total. The molecule has 0 unspecified atom stereocenters. The van der Waals surface area contributed by atoms with E-state index in [1.165, 1.54) is 0 Å². The van der Waals surface area contributed by atoms with Crippen LogP contribution in [0, 0.1) is 0 Å². The van der Waals surface area contributed by atoms with Gasteiger partial charge in [-0.25, -0.2) is 4.99 Å². The van der Waals surface area contributed by atoms with Crippen molar-refractivity contribution in [3.05, 3.63) is 24.3 Å². The number of carbonyl (C=O) groups excluding carboxylic acids is 1. The lowest BCUT2D eigenvalue weighted by Crippen LogP contribution is -2.42. The molecule has 176 valence electrons. The molecule has 31 heavy (non-hydrogen) atoms. The number of benzene rings is 1. The SMILES string of the molecule is COCCOCCCCNC(=NCC(=O)NC(C)(C)C)Nc1ccc(OC(C)C)cc1. The van der Waals surface area contributed by atoms with Gasteiger partial charge in [0.05, 0.1) is 19.3 Å². The summed E-state index contributed by atoms with van der Waals surface area (Å²) in [4.78, 5) is 16.6. The van der Waals surface area contributed by atoms with Crippen molar-refractivity contribution >= 4 is 17.6 Å². The summed E-state index contributed by atoms with van der Waals surface area (Å²) in [6.07, 6.45) is 1.97. The van der Waals surface area contributed by atoms with Gasteiger partial charge in [-0.2, -0.15) is 0 Å². The molecule has 8 heteroatoms. The van der Waals surface area contributed by atoms with Gasteiger partial charge in [0.1, 0.15) is 12.3 Å². The summed E-state index contributed by atoms with van der Waals surface area (Å²) in [6.45, 7) is 12.5. The molecule has 0 aliphatic heterocycles. The van der Waals surface area contributed by atoms with Crippen LogP contribution in [-0.4, -0.2) is 63.5 Å². The molecule has 1 aromatic carbocycles. The number of guanidine groups is 1. The minimum Gasteiger partial charge on any atom is -0.491 e. The van der Waals surface area contributed by atoms with Crippen LogP contribution in [0.2, 0.25) is 0 Å². The summed E-state index contributed by atoms with van der Waals surface area (Å²) >= 11 is 0. The number of aliphatic imine (C=N–C) groups is 1. The van der Waals surface area contributed by atoms with Gasteiger partial charge in [0.25, 0.3) is 0 Å². The van der Waals surface area contributed by atoms with Gasteiger partial charge in [-0.1, -0.05) is 0 Å². The maximum Gasteiger partial charge on any atom is 0.242 e. The first kappa shape index (κ1) is 26.7. The summed E-state index contributed by atoms with van der Waals surface area (Å²) < 4.78 is 16.1. The Balaban J connectivity index is 2.60. The van der Waals surface area contributed by atoms with Crippen molar-refractivity contribution in [3.63, 3.8) is 0 Å². The summed E-state index contributed by atoms with van der Waals surface area (Å²) in [5.41, 5.74) is 0.573. The molecule has 0 aliphatic carbocycles. The first-order chi connectivity index (χ1) is 14.7. The normalized spacial score (nSPS) is 12.0. The standard InChI is InChI=1S/C23H40N4O4/c1-18(2)31-20-11-9-19(10-12-20)26-22(25-17-21(28)27-23(3,4)5)24-13-7-8-14-30-16-15-29-6/h9-12,18H,7-8,13-17H2,1-6H3,(H,27,28)(H2,24,25,26). The lowest BCUT2D eigenvalue weighted by Gasteiger charge is -2.20.